The van der Waals surface area contributed by atoms with E-state index in [1.54, 1.807) is 6.07 Å². The van der Waals surface area contributed by atoms with Gasteiger partial charge in [0.1, 0.15) is 17.3 Å². The number of piperazine rings is 1. The van der Waals surface area contributed by atoms with Gasteiger partial charge in [-0.2, -0.15) is 4.31 Å². The van der Waals surface area contributed by atoms with Crippen LogP contribution in [0.25, 0.3) is 0 Å². The molecule has 0 bridgehead atoms. The van der Waals surface area contributed by atoms with Gasteiger partial charge >= 0.3 is 0 Å². The highest BCUT2D eigenvalue weighted by atomic mass is 79.9. The minimum Gasteiger partial charge on any atom is -0.329 e. The zero-order valence-electron chi connectivity index (χ0n) is 13.1. The predicted octanol–water partition coefficient (Wildman–Crippen LogP) is 1.68. The summed E-state index contributed by atoms with van der Waals surface area (Å²) in [5, 5.41) is 0. The SMILES string of the molecule is O=S(=O)(c1ccccc1F)N1CC[NH+](Cc2ccc(Br)cc2)CC1. The lowest BCUT2D eigenvalue weighted by Crippen LogP contribution is -3.13. The highest BCUT2D eigenvalue weighted by Crippen LogP contribution is 2.18. The maximum Gasteiger partial charge on any atom is 0.246 e. The van der Waals surface area contributed by atoms with Crippen molar-refractivity contribution in [1.29, 1.82) is 0 Å². The fourth-order valence-electron chi connectivity index (χ4n) is 2.90. The number of quaternary nitrogens is 1. The van der Waals surface area contributed by atoms with Crippen molar-refractivity contribution in [1.82, 2.24) is 4.31 Å². The molecule has 128 valence electrons. The summed E-state index contributed by atoms with van der Waals surface area (Å²) in [6.07, 6.45) is 0. The Hall–Kier alpha value is -1.28. The number of sulfonamides is 1. The minimum atomic E-state index is -3.76. The maximum absolute atomic E-state index is 13.8. The lowest BCUT2D eigenvalue weighted by Gasteiger charge is -2.31. The zero-order valence-corrected chi connectivity index (χ0v) is 15.5. The molecule has 1 N–H and O–H groups in total. The van der Waals surface area contributed by atoms with Gasteiger partial charge in [0.25, 0.3) is 0 Å². The fourth-order valence-corrected chi connectivity index (χ4v) is 4.67. The number of nitrogens with one attached hydrogen (secondary N) is 1. The topological polar surface area (TPSA) is 41.8 Å². The molecule has 0 aromatic heterocycles. The molecule has 24 heavy (non-hydrogen) atoms. The fraction of sp³-hybridized carbons (Fsp3) is 0.294. The van der Waals surface area contributed by atoms with Crippen LogP contribution in [-0.4, -0.2) is 38.9 Å². The summed E-state index contributed by atoms with van der Waals surface area (Å²) in [6.45, 7) is 3.10. The van der Waals surface area contributed by atoms with E-state index in [0.29, 0.717) is 26.2 Å². The molecule has 0 atom stereocenters. The van der Waals surface area contributed by atoms with Crippen molar-refractivity contribution in [2.75, 3.05) is 26.2 Å². The Morgan fingerprint density at radius 2 is 1.67 bits per heavy atom. The third-order valence-electron chi connectivity index (χ3n) is 4.25. The number of halogens is 2. The summed E-state index contributed by atoms with van der Waals surface area (Å²) in [7, 11) is -3.76. The average molecular weight is 414 g/mol. The molecule has 1 saturated heterocycles. The van der Waals surface area contributed by atoms with E-state index in [-0.39, 0.29) is 4.90 Å². The van der Waals surface area contributed by atoms with Crippen LogP contribution >= 0.6 is 15.9 Å². The van der Waals surface area contributed by atoms with E-state index in [4.69, 9.17) is 0 Å². The Morgan fingerprint density at radius 3 is 2.29 bits per heavy atom. The summed E-state index contributed by atoms with van der Waals surface area (Å²) in [6, 6.07) is 13.7. The lowest BCUT2D eigenvalue weighted by atomic mass is 10.2. The first-order valence-corrected chi connectivity index (χ1v) is 10.0. The van der Waals surface area contributed by atoms with Gasteiger partial charge in [0.2, 0.25) is 10.0 Å². The Bertz CT molecular complexity index is 804. The van der Waals surface area contributed by atoms with Crippen molar-refractivity contribution < 1.29 is 17.7 Å². The van der Waals surface area contributed by atoms with Crippen LogP contribution in [0.4, 0.5) is 4.39 Å². The van der Waals surface area contributed by atoms with Gasteiger partial charge in [0.15, 0.2) is 0 Å². The largest absolute Gasteiger partial charge is 0.329 e. The molecule has 1 aliphatic rings. The molecule has 0 unspecified atom stereocenters. The molecule has 0 spiro atoms. The second-order valence-electron chi connectivity index (χ2n) is 5.89. The van der Waals surface area contributed by atoms with Gasteiger partial charge < -0.3 is 4.90 Å². The van der Waals surface area contributed by atoms with Crippen LogP contribution in [0.2, 0.25) is 0 Å². The number of nitrogens with zero attached hydrogens (tertiary/aromatic N) is 1. The molecule has 4 nitrogen and oxygen atoms in total. The van der Waals surface area contributed by atoms with Gasteiger partial charge in [-0.05, 0) is 24.3 Å². The van der Waals surface area contributed by atoms with Crippen LogP contribution in [0.3, 0.4) is 0 Å². The van der Waals surface area contributed by atoms with E-state index < -0.39 is 15.8 Å². The quantitative estimate of drug-likeness (QED) is 0.828. The van der Waals surface area contributed by atoms with Gasteiger partial charge in [-0.1, -0.05) is 40.2 Å². The Morgan fingerprint density at radius 1 is 1.04 bits per heavy atom. The normalized spacial score (nSPS) is 17.1. The van der Waals surface area contributed by atoms with Gasteiger partial charge in [-0.3, -0.25) is 0 Å². The molecule has 3 rings (SSSR count). The van der Waals surface area contributed by atoms with Crippen molar-refractivity contribution in [3.8, 4) is 0 Å². The van der Waals surface area contributed by atoms with Crippen LogP contribution in [0.15, 0.2) is 57.9 Å². The summed E-state index contributed by atoms with van der Waals surface area (Å²) in [5.41, 5.74) is 1.22. The van der Waals surface area contributed by atoms with Crippen LogP contribution in [0.1, 0.15) is 5.56 Å². The molecule has 1 heterocycles. The Kier molecular flexibility index (Phi) is 5.34. The number of hydrogen-bond acceptors (Lipinski definition) is 2. The van der Waals surface area contributed by atoms with E-state index in [2.05, 4.69) is 28.1 Å². The summed E-state index contributed by atoms with van der Waals surface area (Å²) < 4.78 is 41.4. The van der Waals surface area contributed by atoms with E-state index in [0.717, 1.165) is 11.0 Å². The van der Waals surface area contributed by atoms with Crippen molar-refractivity contribution in [3.63, 3.8) is 0 Å². The monoisotopic (exact) mass is 413 g/mol. The smallest absolute Gasteiger partial charge is 0.246 e. The molecule has 1 aliphatic heterocycles. The number of hydrogen-bond donors (Lipinski definition) is 1. The molecular formula is C17H19BrFN2O2S+. The second-order valence-corrected chi connectivity index (χ2v) is 8.71. The highest BCUT2D eigenvalue weighted by molar-refractivity contribution is 9.10. The standard InChI is InChI=1S/C17H18BrFN2O2S/c18-15-7-5-14(6-8-15)13-20-9-11-21(12-10-20)24(22,23)17-4-2-1-3-16(17)19/h1-8H,9-13H2/p+1. The molecule has 0 amide bonds. The van der Waals surface area contributed by atoms with Crippen LogP contribution in [0.5, 0.6) is 0 Å². The van der Waals surface area contributed by atoms with Crippen LogP contribution < -0.4 is 4.90 Å². The highest BCUT2D eigenvalue weighted by Gasteiger charge is 2.32. The number of benzene rings is 2. The van der Waals surface area contributed by atoms with Crippen LogP contribution in [0, 0.1) is 5.82 Å². The zero-order chi connectivity index (χ0) is 17.2. The summed E-state index contributed by atoms with van der Waals surface area (Å²) in [5.74, 6) is -0.692. The third kappa shape index (κ3) is 3.85. The van der Waals surface area contributed by atoms with Crippen molar-refractivity contribution in [3.05, 3.63) is 64.4 Å². The van der Waals surface area contributed by atoms with Gasteiger partial charge in [0, 0.05) is 10.0 Å². The first-order valence-electron chi connectivity index (χ1n) is 7.79. The first kappa shape index (κ1) is 17.5. The second kappa shape index (κ2) is 7.31. The molecule has 1 fully saturated rings. The first-order chi connectivity index (χ1) is 11.5. The lowest BCUT2D eigenvalue weighted by molar-refractivity contribution is -0.917. The molecule has 0 radical (unpaired) electrons. The molecular weight excluding hydrogens is 395 g/mol. The summed E-state index contributed by atoms with van der Waals surface area (Å²) in [4.78, 5) is 1.10. The Balaban J connectivity index is 1.64. The van der Waals surface area contributed by atoms with E-state index in [9.17, 15) is 12.8 Å². The Labute approximate surface area is 150 Å². The summed E-state index contributed by atoms with van der Waals surface area (Å²) >= 11 is 3.42. The number of rotatable bonds is 4. The molecule has 0 saturated carbocycles. The van der Waals surface area contributed by atoms with Crippen molar-refractivity contribution in [2.45, 2.75) is 11.4 Å². The molecule has 7 heteroatoms. The van der Waals surface area contributed by atoms with Crippen LogP contribution in [-0.2, 0) is 16.6 Å². The van der Waals surface area contributed by atoms with Gasteiger partial charge in [0.05, 0.1) is 26.2 Å². The molecule has 2 aromatic rings. The van der Waals surface area contributed by atoms with Crippen molar-refractivity contribution >= 4 is 26.0 Å². The molecule has 2 aromatic carbocycles. The average Bonchev–Trinajstić information content (AvgIpc) is 2.58. The maximum atomic E-state index is 13.8. The van der Waals surface area contributed by atoms with Gasteiger partial charge in [-0.15, -0.1) is 0 Å². The minimum absolute atomic E-state index is 0.235. The van der Waals surface area contributed by atoms with Crippen molar-refractivity contribution in [2.24, 2.45) is 0 Å². The predicted molar refractivity (Wildman–Crippen MR) is 93.7 cm³/mol. The molecule has 0 aliphatic carbocycles. The third-order valence-corrected chi connectivity index (χ3v) is 6.71. The van der Waals surface area contributed by atoms with E-state index >= 15 is 0 Å². The van der Waals surface area contributed by atoms with E-state index in [1.807, 2.05) is 12.1 Å². The van der Waals surface area contributed by atoms with E-state index in [1.165, 1.54) is 33.0 Å². The van der Waals surface area contributed by atoms with Gasteiger partial charge in [-0.25, -0.2) is 12.8 Å².